The number of carbonyl (C=O) groups is 1. The third-order valence-electron chi connectivity index (χ3n) is 4.67. The molecule has 4 heteroatoms. The summed E-state index contributed by atoms with van der Waals surface area (Å²) in [5.74, 6) is -0.890. The molecule has 0 heterocycles. The summed E-state index contributed by atoms with van der Waals surface area (Å²) in [5.41, 5.74) is 1.22. The highest BCUT2D eigenvalue weighted by Gasteiger charge is 2.03. The summed E-state index contributed by atoms with van der Waals surface area (Å²) >= 11 is 0. The Morgan fingerprint density at radius 1 is 0.889 bits per heavy atom. The molecular weight excluding hydrogens is 353 g/mol. The Labute approximate surface area is 170 Å². The average molecular weight is 396 g/mol. The van der Waals surface area contributed by atoms with Crippen LogP contribution in [0.3, 0.4) is 0 Å². The molecule has 0 radical (unpaired) electrons. The van der Waals surface area contributed by atoms with Crippen LogP contribution in [0.25, 0.3) is 0 Å². The van der Waals surface area contributed by atoms with Crippen molar-refractivity contribution in [1.82, 2.24) is 0 Å². The van der Waals surface area contributed by atoms with Crippen LogP contribution < -0.4 is 4.90 Å². The molecule has 0 fully saturated rings. The van der Waals surface area contributed by atoms with Gasteiger partial charge < -0.3 is 10.0 Å². The number of unbranched alkanes of at least 4 members (excludes halogenated alkanes) is 11. The van der Waals surface area contributed by atoms with Crippen LogP contribution in [0.1, 0.15) is 94.3 Å². The van der Waals surface area contributed by atoms with E-state index in [1.807, 2.05) is 25.1 Å². The van der Waals surface area contributed by atoms with Crippen LogP contribution in [0.5, 0.6) is 0 Å². The number of nitrogens with zero attached hydrogens (tertiary/aromatic N) is 1. The summed E-state index contributed by atoms with van der Waals surface area (Å²) in [4.78, 5) is 12.4. The van der Waals surface area contributed by atoms with Crippen LogP contribution in [0.4, 0.5) is 5.69 Å². The molecule has 1 aromatic rings. The van der Waals surface area contributed by atoms with Gasteiger partial charge in [0, 0.05) is 19.8 Å². The second-order valence-corrected chi connectivity index (χ2v) is 8.01. The van der Waals surface area contributed by atoms with Crippen LogP contribution in [-0.2, 0) is 0 Å². The third-order valence-corrected chi connectivity index (χ3v) is 5.08. The molecule has 0 saturated carbocycles. The molecule has 0 amide bonds. The number of benzene rings is 1. The fourth-order valence-corrected chi connectivity index (χ4v) is 3.19. The maximum atomic E-state index is 10.6. The number of anilines is 1. The first kappa shape index (κ1) is 25.9. The average Bonchev–Trinajstić information content (AvgIpc) is 2.66. The molecule has 1 atom stereocenters. The molecule has 0 spiro atoms. The van der Waals surface area contributed by atoms with E-state index in [9.17, 15) is 4.79 Å². The largest absolute Gasteiger partial charge is 0.478 e. The maximum absolute atomic E-state index is 10.6. The number of hydrogen-bond donors (Lipinski definition) is 1. The number of rotatable bonds is 14. The van der Waals surface area contributed by atoms with E-state index in [0.717, 1.165) is 5.69 Å². The molecule has 0 aliphatic rings. The van der Waals surface area contributed by atoms with Crippen molar-refractivity contribution in [1.29, 1.82) is 0 Å². The van der Waals surface area contributed by atoms with E-state index in [-0.39, 0.29) is 0 Å². The molecule has 27 heavy (non-hydrogen) atoms. The van der Waals surface area contributed by atoms with Crippen LogP contribution in [0.2, 0.25) is 0 Å². The van der Waals surface area contributed by atoms with Crippen molar-refractivity contribution in [3.05, 3.63) is 29.8 Å². The lowest BCUT2D eigenvalue weighted by Crippen LogP contribution is -2.09. The molecule has 1 aromatic carbocycles. The lowest BCUT2D eigenvalue weighted by Gasteiger charge is -2.12. The van der Waals surface area contributed by atoms with Gasteiger partial charge >= 0.3 is 5.97 Å². The smallest absolute Gasteiger partial charge is 0.335 e. The van der Waals surface area contributed by atoms with Crippen molar-refractivity contribution < 1.29 is 9.90 Å². The minimum Gasteiger partial charge on any atom is -0.478 e. The minimum absolute atomic E-state index is 0.321. The highest BCUT2D eigenvalue weighted by molar-refractivity contribution is 7.16. The highest BCUT2D eigenvalue weighted by Crippen LogP contribution is 2.13. The van der Waals surface area contributed by atoms with Crippen molar-refractivity contribution in [2.45, 2.75) is 84.0 Å². The normalized spacial score (nSPS) is 10.2. The third kappa shape index (κ3) is 15.7. The molecule has 0 bridgehead atoms. The van der Waals surface area contributed by atoms with Crippen molar-refractivity contribution in [2.75, 3.05) is 25.2 Å². The molecule has 1 unspecified atom stereocenters. The summed E-state index contributed by atoms with van der Waals surface area (Å²) in [6, 6.07) is 6.82. The molecule has 0 aliphatic heterocycles. The van der Waals surface area contributed by atoms with Gasteiger partial charge in [0.15, 0.2) is 0 Å². The van der Waals surface area contributed by atoms with Crippen LogP contribution in [0.15, 0.2) is 24.3 Å². The van der Waals surface area contributed by atoms with Crippen molar-refractivity contribution >= 4 is 20.9 Å². The predicted molar refractivity (Wildman–Crippen MR) is 123 cm³/mol. The van der Waals surface area contributed by atoms with Crippen LogP contribution in [0, 0.1) is 0 Å². The van der Waals surface area contributed by atoms with E-state index < -0.39 is 5.97 Å². The summed E-state index contributed by atoms with van der Waals surface area (Å²) in [6.45, 7) is 2.29. The Hall–Kier alpha value is -1.08. The second kappa shape index (κ2) is 18.3. The molecule has 3 nitrogen and oxygen atoms in total. The van der Waals surface area contributed by atoms with E-state index >= 15 is 0 Å². The second-order valence-electron chi connectivity index (χ2n) is 7.43. The monoisotopic (exact) mass is 395 g/mol. The Morgan fingerprint density at radius 2 is 1.37 bits per heavy atom. The predicted octanol–water partition coefficient (Wildman–Crippen LogP) is 7.01. The van der Waals surface area contributed by atoms with E-state index in [4.69, 9.17) is 5.11 Å². The summed E-state index contributed by atoms with van der Waals surface area (Å²) in [7, 11) is 6.57. The Kier molecular flexibility index (Phi) is 17.6. The summed E-state index contributed by atoms with van der Waals surface area (Å²) in [6.07, 6.45) is 18.7. The van der Waals surface area contributed by atoms with E-state index in [0.29, 0.717) is 5.56 Å². The van der Waals surface area contributed by atoms with E-state index in [1.54, 1.807) is 18.2 Å². The highest BCUT2D eigenvalue weighted by atomic mass is 31.0. The number of aromatic carboxylic acids is 1. The van der Waals surface area contributed by atoms with Gasteiger partial charge in [-0.15, -0.1) is 9.24 Å². The Bertz CT molecular complexity index is 465. The first-order chi connectivity index (χ1) is 13.0. The van der Waals surface area contributed by atoms with E-state index in [1.165, 1.54) is 83.2 Å². The first-order valence-electron chi connectivity index (χ1n) is 10.7. The SMILES string of the molecule is CCCCCCCCCCCCCCP.CN(C)c1cccc(C(=O)O)c1. The van der Waals surface area contributed by atoms with Crippen LogP contribution in [-0.4, -0.2) is 31.3 Å². The fourth-order valence-electron chi connectivity index (χ4n) is 2.90. The molecule has 0 aromatic heterocycles. The topological polar surface area (TPSA) is 40.5 Å². The molecular formula is C23H42NO2P. The molecule has 0 aliphatic carbocycles. The maximum Gasteiger partial charge on any atom is 0.335 e. The van der Waals surface area contributed by atoms with Gasteiger partial charge in [-0.2, -0.15) is 0 Å². The Morgan fingerprint density at radius 3 is 1.78 bits per heavy atom. The zero-order chi connectivity index (χ0) is 20.3. The quantitative estimate of drug-likeness (QED) is 0.272. The summed E-state index contributed by atoms with van der Waals surface area (Å²) in [5, 5.41) is 8.67. The van der Waals surface area contributed by atoms with Gasteiger partial charge in [0.05, 0.1) is 5.56 Å². The molecule has 156 valence electrons. The zero-order valence-corrected chi connectivity index (χ0v) is 19.0. The van der Waals surface area contributed by atoms with Gasteiger partial charge in [-0.1, -0.05) is 83.6 Å². The molecule has 0 saturated heterocycles. The first-order valence-corrected chi connectivity index (χ1v) is 11.5. The Balaban J connectivity index is 0.000000511. The fraction of sp³-hybridized carbons (Fsp3) is 0.696. The van der Waals surface area contributed by atoms with Crippen molar-refractivity contribution in [2.24, 2.45) is 0 Å². The molecule has 1 rings (SSSR count). The molecule has 1 N–H and O–H groups in total. The van der Waals surface area contributed by atoms with Gasteiger partial charge in [0.25, 0.3) is 0 Å². The van der Waals surface area contributed by atoms with Gasteiger partial charge in [0.1, 0.15) is 0 Å². The van der Waals surface area contributed by atoms with Crippen molar-refractivity contribution in [3.63, 3.8) is 0 Å². The lowest BCUT2D eigenvalue weighted by molar-refractivity contribution is 0.0697. The van der Waals surface area contributed by atoms with Crippen molar-refractivity contribution in [3.8, 4) is 0 Å². The van der Waals surface area contributed by atoms with Gasteiger partial charge in [0.2, 0.25) is 0 Å². The zero-order valence-electron chi connectivity index (χ0n) is 17.9. The van der Waals surface area contributed by atoms with Crippen LogP contribution >= 0.6 is 9.24 Å². The standard InChI is InChI=1S/C14H31P.C9H11NO2/c1-2-3-4-5-6-7-8-9-10-11-12-13-14-15;1-10(2)8-5-3-4-7(6-8)9(11)12/h2-15H2,1H3;3-6H,1-2H3,(H,11,12). The minimum atomic E-state index is -0.890. The van der Waals surface area contributed by atoms with Gasteiger partial charge in [-0.05, 0) is 30.8 Å². The number of carboxylic acid groups (broad SMARTS) is 1. The summed E-state index contributed by atoms with van der Waals surface area (Å²) < 4.78 is 0. The number of hydrogen-bond acceptors (Lipinski definition) is 2. The van der Waals surface area contributed by atoms with Gasteiger partial charge in [-0.25, -0.2) is 4.79 Å². The lowest BCUT2D eigenvalue weighted by atomic mass is 10.1. The number of carboxylic acids is 1. The van der Waals surface area contributed by atoms with Gasteiger partial charge in [-0.3, -0.25) is 0 Å². The van der Waals surface area contributed by atoms with E-state index in [2.05, 4.69) is 16.2 Å².